The van der Waals surface area contributed by atoms with Crippen LogP contribution in [-0.2, 0) is 4.79 Å². The average molecular weight is 335 g/mol. The summed E-state index contributed by atoms with van der Waals surface area (Å²) in [6.07, 6.45) is 2.26. The van der Waals surface area contributed by atoms with Gasteiger partial charge in [-0.25, -0.2) is 0 Å². The molecule has 1 fully saturated rings. The van der Waals surface area contributed by atoms with Crippen LogP contribution in [0.15, 0.2) is 41.8 Å². The highest BCUT2D eigenvalue weighted by Crippen LogP contribution is 2.36. The molecule has 116 valence electrons. The number of hydrogen-bond donors (Lipinski definition) is 1. The first-order chi connectivity index (χ1) is 10.6. The van der Waals surface area contributed by atoms with E-state index in [2.05, 4.69) is 27.7 Å². The van der Waals surface area contributed by atoms with Crippen LogP contribution in [0.3, 0.4) is 0 Å². The standard InChI is InChI=1S/C17H19ClN2OS/c1-12(17(21)19-14-8-6-13(18)7-9-14)20-10-2-4-15(20)16-5-3-11-22-16/h3,5-9,11-12,15H,2,4,10H2,1H3,(H,19,21)/t12-,15-/m1/s1. The Kier molecular flexibility index (Phi) is 4.81. The maximum atomic E-state index is 12.5. The van der Waals surface area contributed by atoms with Gasteiger partial charge in [-0.3, -0.25) is 9.69 Å². The Hall–Kier alpha value is -1.36. The Balaban J connectivity index is 1.68. The van der Waals surface area contributed by atoms with Crippen molar-refractivity contribution < 1.29 is 4.79 Å². The number of amides is 1. The maximum Gasteiger partial charge on any atom is 0.241 e. The van der Waals surface area contributed by atoms with Gasteiger partial charge in [0.2, 0.25) is 5.91 Å². The first-order valence-corrected chi connectivity index (χ1v) is 8.76. The predicted molar refractivity (Wildman–Crippen MR) is 92.5 cm³/mol. The van der Waals surface area contributed by atoms with Crippen molar-refractivity contribution in [1.82, 2.24) is 4.90 Å². The number of anilines is 1. The van der Waals surface area contributed by atoms with Gasteiger partial charge >= 0.3 is 0 Å². The summed E-state index contributed by atoms with van der Waals surface area (Å²) in [4.78, 5) is 16.2. The highest BCUT2D eigenvalue weighted by atomic mass is 35.5. The van der Waals surface area contributed by atoms with Crippen LogP contribution >= 0.6 is 22.9 Å². The van der Waals surface area contributed by atoms with Gasteiger partial charge in [-0.15, -0.1) is 11.3 Å². The monoisotopic (exact) mass is 334 g/mol. The summed E-state index contributed by atoms with van der Waals surface area (Å²) >= 11 is 7.64. The number of hydrogen-bond acceptors (Lipinski definition) is 3. The zero-order valence-electron chi connectivity index (χ0n) is 12.5. The van der Waals surface area contributed by atoms with E-state index in [0.717, 1.165) is 25.1 Å². The van der Waals surface area contributed by atoms with Crippen molar-refractivity contribution in [2.75, 3.05) is 11.9 Å². The summed E-state index contributed by atoms with van der Waals surface area (Å²) in [5, 5.41) is 5.75. The van der Waals surface area contributed by atoms with E-state index in [9.17, 15) is 4.79 Å². The molecule has 0 saturated carbocycles. The zero-order chi connectivity index (χ0) is 15.5. The summed E-state index contributed by atoms with van der Waals surface area (Å²) in [5.41, 5.74) is 0.785. The summed E-state index contributed by atoms with van der Waals surface area (Å²) in [7, 11) is 0. The average Bonchev–Trinajstić information content (AvgIpc) is 3.19. The third-order valence-electron chi connectivity index (χ3n) is 4.15. The Labute approximate surface area is 139 Å². The molecule has 1 aliphatic heterocycles. The van der Waals surface area contributed by atoms with E-state index in [-0.39, 0.29) is 11.9 Å². The first-order valence-electron chi connectivity index (χ1n) is 7.51. The number of rotatable bonds is 4. The van der Waals surface area contributed by atoms with E-state index in [1.54, 1.807) is 23.5 Å². The molecule has 3 rings (SSSR count). The Morgan fingerprint density at radius 3 is 2.82 bits per heavy atom. The third kappa shape index (κ3) is 3.35. The second-order valence-corrected chi connectivity index (χ2v) is 7.00. The fraction of sp³-hybridized carbons (Fsp3) is 0.353. The van der Waals surface area contributed by atoms with Gasteiger partial charge < -0.3 is 5.32 Å². The first kappa shape index (κ1) is 15.5. The molecule has 1 saturated heterocycles. The van der Waals surface area contributed by atoms with Crippen LogP contribution < -0.4 is 5.32 Å². The Bertz CT molecular complexity index is 627. The molecule has 0 radical (unpaired) electrons. The maximum absolute atomic E-state index is 12.5. The quantitative estimate of drug-likeness (QED) is 0.888. The second-order valence-electron chi connectivity index (χ2n) is 5.58. The molecule has 0 bridgehead atoms. The highest BCUT2D eigenvalue weighted by molar-refractivity contribution is 7.10. The van der Waals surface area contributed by atoms with Crippen LogP contribution in [0.5, 0.6) is 0 Å². The lowest BCUT2D eigenvalue weighted by atomic mass is 10.1. The van der Waals surface area contributed by atoms with Crippen molar-refractivity contribution in [3.8, 4) is 0 Å². The minimum atomic E-state index is -0.148. The summed E-state index contributed by atoms with van der Waals surface area (Å²) < 4.78 is 0. The van der Waals surface area contributed by atoms with Gasteiger partial charge in [-0.1, -0.05) is 17.7 Å². The molecule has 0 spiro atoms. The Morgan fingerprint density at radius 2 is 2.14 bits per heavy atom. The molecule has 2 atom stereocenters. The number of nitrogens with zero attached hydrogens (tertiary/aromatic N) is 1. The smallest absolute Gasteiger partial charge is 0.241 e. The highest BCUT2D eigenvalue weighted by Gasteiger charge is 2.33. The molecule has 3 nitrogen and oxygen atoms in total. The fourth-order valence-electron chi connectivity index (χ4n) is 2.97. The number of thiophene rings is 1. The van der Waals surface area contributed by atoms with Gasteiger partial charge in [-0.2, -0.15) is 0 Å². The molecule has 1 aromatic heterocycles. The van der Waals surface area contributed by atoms with Gasteiger partial charge in [0.1, 0.15) is 0 Å². The fourth-order valence-corrected chi connectivity index (χ4v) is 3.98. The van der Waals surface area contributed by atoms with Crippen molar-refractivity contribution in [2.45, 2.75) is 31.8 Å². The molecule has 1 amide bonds. The summed E-state index contributed by atoms with van der Waals surface area (Å²) in [5.74, 6) is 0.0331. The van der Waals surface area contributed by atoms with Gasteiger partial charge in [0, 0.05) is 21.6 Å². The second kappa shape index (κ2) is 6.82. The van der Waals surface area contributed by atoms with Crippen LogP contribution in [0.25, 0.3) is 0 Å². The minimum absolute atomic E-state index is 0.0331. The number of benzene rings is 1. The SMILES string of the molecule is C[C@H](C(=O)Nc1ccc(Cl)cc1)N1CCC[C@@H]1c1cccs1. The predicted octanol–water partition coefficient (Wildman–Crippen LogP) is 4.57. The number of carbonyl (C=O) groups excluding carboxylic acids is 1. The normalized spacial score (nSPS) is 20.0. The zero-order valence-corrected chi connectivity index (χ0v) is 14.0. The third-order valence-corrected chi connectivity index (χ3v) is 5.38. The molecule has 2 aromatic rings. The lowest BCUT2D eigenvalue weighted by Gasteiger charge is -2.29. The van der Waals surface area contributed by atoms with Crippen LogP contribution in [-0.4, -0.2) is 23.4 Å². The largest absolute Gasteiger partial charge is 0.325 e. The Morgan fingerprint density at radius 1 is 1.36 bits per heavy atom. The number of nitrogens with one attached hydrogen (secondary N) is 1. The molecular weight excluding hydrogens is 316 g/mol. The van der Waals surface area contributed by atoms with Crippen LogP contribution in [0.2, 0.25) is 5.02 Å². The van der Waals surface area contributed by atoms with Crippen LogP contribution in [0, 0.1) is 0 Å². The van der Waals surface area contributed by atoms with Crippen LogP contribution in [0.1, 0.15) is 30.7 Å². The molecule has 1 N–H and O–H groups in total. The van der Waals surface area contributed by atoms with E-state index < -0.39 is 0 Å². The van der Waals surface area contributed by atoms with Gasteiger partial charge in [0.05, 0.1) is 6.04 Å². The number of carbonyl (C=O) groups is 1. The molecular formula is C17H19ClN2OS. The topological polar surface area (TPSA) is 32.3 Å². The molecule has 1 aromatic carbocycles. The van der Waals surface area contributed by atoms with E-state index >= 15 is 0 Å². The lowest BCUT2D eigenvalue weighted by Crippen LogP contribution is -2.41. The molecule has 0 unspecified atom stereocenters. The number of likely N-dealkylation sites (tertiary alicyclic amines) is 1. The van der Waals surface area contributed by atoms with Gasteiger partial charge in [-0.05, 0) is 62.0 Å². The number of halogens is 1. The van der Waals surface area contributed by atoms with Crippen molar-refractivity contribution >= 4 is 34.5 Å². The van der Waals surface area contributed by atoms with Gasteiger partial charge in [0.25, 0.3) is 0 Å². The van der Waals surface area contributed by atoms with E-state index in [1.807, 2.05) is 19.1 Å². The van der Waals surface area contributed by atoms with Gasteiger partial charge in [0.15, 0.2) is 0 Å². The lowest BCUT2D eigenvalue weighted by molar-refractivity contribution is -0.121. The van der Waals surface area contributed by atoms with E-state index in [1.165, 1.54) is 4.88 Å². The molecule has 2 heterocycles. The van der Waals surface area contributed by atoms with Crippen molar-refractivity contribution in [2.24, 2.45) is 0 Å². The van der Waals surface area contributed by atoms with Crippen molar-refractivity contribution in [1.29, 1.82) is 0 Å². The molecule has 5 heteroatoms. The van der Waals surface area contributed by atoms with Crippen molar-refractivity contribution in [3.63, 3.8) is 0 Å². The molecule has 22 heavy (non-hydrogen) atoms. The molecule has 0 aliphatic carbocycles. The van der Waals surface area contributed by atoms with E-state index in [4.69, 9.17) is 11.6 Å². The van der Waals surface area contributed by atoms with E-state index in [0.29, 0.717) is 11.1 Å². The minimum Gasteiger partial charge on any atom is -0.325 e. The van der Waals surface area contributed by atoms with Crippen LogP contribution in [0.4, 0.5) is 5.69 Å². The molecule has 1 aliphatic rings. The summed E-state index contributed by atoms with van der Waals surface area (Å²) in [6, 6.07) is 11.7. The van der Waals surface area contributed by atoms with Crippen molar-refractivity contribution in [3.05, 3.63) is 51.7 Å². The summed E-state index contributed by atoms with van der Waals surface area (Å²) in [6.45, 7) is 2.95.